The molecule has 62 heavy (non-hydrogen) atoms. The summed E-state index contributed by atoms with van der Waals surface area (Å²) in [7, 11) is 0. The SMILES string of the molecule is c1ccc(C2(c3ccccc3)c3ccccc3-c3ccc(N(c4cccc(-c5cccc6oc7c8ccccc8ccc7c56)c4)c4cccc5c4sc4ccccc45)cc32)cc1. The lowest BCUT2D eigenvalue weighted by atomic mass is 9.67. The molecule has 1 aliphatic rings. The van der Waals surface area contributed by atoms with E-state index in [4.69, 9.17) is 4.42 Å². The largest absolute Gasteiger partial charge is 0.455 e. The molecule has 12 aromatic rings. The zero-order valence-corrected chi connectivity index (χ0v) is 34.4. The van der Waals surface area contributed by atoms with E-state index in [1.165, 1.54) is 58.9 Å². The monoisotopic (exact) mass is 807 g/mol. The highest BCUT2D eigenvalue weighted by Crippen LogP contribution is 2.58. The van der Waals surface area contributed by atoms with Crippen molar-refractivity contribution in [2.75, 3.05) is 4.90 Å². The van der Waals surface area contributed by atoms with Crippen LogP contribution in [-0.2, 0) is 5.41 Å². The number of furan rings is 1. The summed E-state index contributed by atoms with van der Waals surface area (Å²) in [6.07, 6.45) is 0. The number of rotatable bonds is 6. The van der Waals surface area contributed by atoms with Crippen LogP contribution < -0.4 is 4.90 Å². The predicted molar refractivity (Wildman–Crippen MR) is 262 cm³/mol. The molecule has 13 rings (SSSR count). The first-order chi connectivity index (χ1) is 30.8. The van der Waals surface area contributed by atoms with Gasteiger partial charge in [-0.2, -0.15) is 0 Å². The van der Waals surface area contributed by atoms with Gasteiger partial charge in [-0.3, -0.25) is 0 Å². The van der Waals surface area contributed by atoms with E-state index in [0.717, 1.165) is 55.5 Å². The van der Waals surface area contributed by atoms with Crippen molar-refractivity contribution in [3.63, 3.8) is 0 Å². The van der Waals surface area contributed by atoms with E-state index in [9.17, 15) is 0 Å². The zero-order valence-electron chi connectivity index (χ0n) is 33.6. The Kier molecular flexibility index (Phi) is 7.72. The van der Waals surface area contributed by atoms with Gasteiger partial charge in [-0.1, -0.05) is 176 Å². The Morgan fingerprint density at radius 1 is 0.419 bits per heavy atom. The molecule has 10 aromatic carbocycles. The maximum atomic E-state index is 6.67. The van der Waals surface area contributed by atoms with E-state index in [1.807, 2.05) is 11.3 Å². The highest BCUT2D eigenvalue weighted by Gasteiger charge is 2.46. The van der Waals surface area contributed by atoms with Crippen molar-refractivity contribution in [1.82, 2.24) is 0 Å². The lowest BCUT2D eigenvalue weighted by Gasteiger charge is -2.35. The van der Waals surface area contributed by atoms with Crippen molar-refractivity contribution >= 4 is 81.3 Å². The van der Waals surface area contributed by atoms with Crippen LogP contribution in [-0.4, -0.2) is 0 Å². The molecule has 0 fully saturated rings. The molecule has 0 radical (unpaired) electrons. The molecule has 0 spiro atoms. The van der Waals surface area contributed by atoms with E-state index in [1.54, 1.807) is 0 Å². The third kappa shape index (κ3) is 5.03. The topological polar surface area (TPSA) is 16.4 Å². The molecule has 0 saturated heterocycles. The van der Waals surface area contributed by atoms with Crippen molar-refractivity contribution < 1.29 is 4.42 Å². The second-order valence-electron chi connectivity index (χ2n) is 16.3. The molecule has 2 nitrogen and oxygen atoms in total. The first kappa shape index (κ1) is 35.1. The van der Waals surface area contributed by atoms with E-state index in [-0.39, 0.29) is 0 Å². The number of nitrogens with zero attached hydrogens (tertiary/aromatic N) is 1. The van der Waals surface area contributed by atoms with Gasteiger partial charge in [0.2, 0.25) is 0 Å². The molecule has 0 N–H and O–H groups in total. The summed E-state index contributed by atoms with van der Waals surface area (Å²) in [6.45, 7) is 0. The van der Waals surface area contributed by atoms with Gasteiger partial charge in [0.25, 0.3) is 0 Å². The quantitative estimate of drug-likeness (QED) is 0.166. The molecule has 290 valence electrons. The van der Waals surface area contributed by atoms with Crippen molar-refractivity contribution in [3.8, 4) is 22.3 Å². The third-order valence-electron chi connectivity index (χ3n) is 13.1. The van der Waals surface area contributed by atoms with Gasteiger partial charge < -0.3 is 9.32 Å². The number of fused-ring (bicyclic) bond motifs is 11. The Hall–Kier alpha value is -7.72. The van der Waals surface area contributed by atoms with E-state index in [2.05, 4.69) is 229 Å². The zero-order chi connectivity index (χ0) is 40.8. The second-order valence-corrected chi connectivity index (χ2v) is 17.4. The van der Waals surface area contributed by atoms with Gasteiger partial charge in [0.1, 0.15) is 11.2 Å². The van der Waals surface area contributed by atoms with Crippen LogP contribution in [0.2, 0.25) is 0 Å². The molecule has 0 saturated carbocycles. The molecule has 3 heteroatoms. The molecular weight excluding hydrogens is 771 g/mol. The van der Waals surface area contributed by atoms with Crippen LogP contribution in [0.25, 0.3) is 75.1 Å². The summed E-state index contributed by atoms with van der Waals surface area (Å²) < 4.78 is 9.22. The standard InChI is InChI=1S/C59H37NOS/c1-3-18-40(19-4-1)59(41-20-5-2-6-21-41)51-28-11-9-24-46(51)47-35-33-43(37-52(47)59)60(53-29-14-27-49-48-25-10-12-31-55(48)62-58(49)53)42-22-13-17-39(36-42)44-26-15-30-54-56(44)50-34-32-38-16-7-8-23-45(38)57(50)61-54/h1-37H. The Labute approximate surface area is 363 Å². The van der Waals surface area contributed by atoms with Crippen molar-refractivity contribution in [1.29, 1.82) is 0 Å². The summed E-state index contributed by atoms with van der Waals surface area (Å²) in [5.74, 6) is 0. The van der Waals surface area contributed by atoms with Crippen LogP contribution in [0.5, 0.6) is 0 Å². The third-order valence-corrected chi connectivity index (χ3v) is 14.3. The molecule has 0 aliphatic heterocycles. The van der Waals surface area contributed by atoms with Gasteiger partial charge >= 0.3 is 0 Å². The molecule has 0 bridgehead atoms. The predicted octanol–water partition coefficient (Wildman–Crippen LogP) is 16.6. The first-order valence-electron chi connectivity index (χ1n) is 21.2. The summed E-state index contributed by atoms with van der Waals surface area (Å²) in [5.41, 5.74) is 14.5. The fourth-order valence-electron chi connectivity index (χ4n) is 10.5. The lowest BCUT2D eigenvalue weighted by Crippen LogP contribution is -2.28. The van der Waals surface area contributed by atoms with Crippen LogP contribution >= 0.6 is 11.3 Å². The van der Waals surface area contributed by atoms with E-state index >= 15 is 0 Å². The Morgan fingerprint density at radius 2 is 1.08 bits per heavy atom. The van der Waals surface area contributed by atoms with Gasteiger partial charge in [0.15, 0.2) is 0 Å². The number of hydrogen-bond donors (Lipinski definition) is 0. The van der Waals surface area contributed by atoms with Crippen LogP contribution in [0.4, 0.5) is 17.1 Å². The fraction of sp³-hybridized carbons (Fsp3) is 0.0169. The molecule has 0 unspecified atom stereocenters. The molecular formula is C59H37NOS. The number of thiophene rings is 1. The van der Waals surface area contributed by atoms with Crippen LogP contribution in [0.3, 0.4) is 0 Å². The van der Waals surface area contributed by atoms with E-state index in [0.29, 0.717) is 0 Å². The number of anilines is 3. The average molecular weight is 808 g/mol. The highest BCUT2D eigenvalue weighted by atomic mass is 32.1. The molecule has 0 atom stereocenters. The van der Waals surface area contributed by atoms with E-state index < -0.39 is 5.41 Å². The minimum absolute atomic E-state index is 0.524. The summed E-state index contributed by atoms with van der Waals surface area (Å²) >= 11 is 1.87. The second kappa shape index (κ2) is 13.7. The average Bonchev–Trinajstić information content (AvgIpc) is 4.01. The molecule has 2 heterocycles. The fourth-order valence-corrected chi connectivity index (χ4v) is 11.7. The van der Waals surface area contributed by atoms with Crippen molar-refractivity contribution in [2.24, 2.45) is 0 Å². The Balaban J connectivity index is 1.08. The minimum atomic E-state index is -0.524. The maximum Gasteiger partial charge on any atom is 0.143 e. The van der Waals surface area contributed by atoms with Crippen LogP contribution in [0, 0.1) is 0 Å². The van der Waals surface area contributed by atoms with Gasteiger partial charge in [0, 0.05) is 43.0 Å². The lowest BCUT2D eigenvalue weighted by molar-refractivity contribution is 0.673. The van der Waals surface area contributed by atoms with Gasteiger partial charge in [-0.25, -0.2) is 0 Å². The maximum absolute atomic E-state index is 6.67. The Morgan fingerprint density at radius 3 is 1.94 bits per heavy atom. The summed E-state index contributed by atoms with van der Waals surface area (Å²) in [6, 6.07) is 82.3. The van der Waals surface area contributed by atoms with Crippen LogP contribution in [0.1, 0.15) is 22.3 Å². The highest BCUT2D eigenvalue weighted by molar-refractivity contribution is 7.26. The normalized spacial score (nSPS) is 13.0. The van der Waals surface area contributed by atoms with Crippen molar-refractivity contribution in [2.45, 2.75) is 5.41 Å². The molecule has 0 amide bonds. The number of hydrogen-bond acceptors (Lipinski definition) is 3. The smallest absolute Gasteiger partial charge is 0.143 e. The molecule has 2 aromatic heterocycles. The summed E-state index contributed by atoms with van der Waals surface area (Å²) in [4.78, 5) is 2.49. The number of benzene rings is 10. The van der Waals surface area contributed by atoms with Gasteiger partial charge in [-0.15, -0.1) is 11.3 Å². The van der Waals surface area contributed by atoms with Crippen molar-refractivity contribution in [3.05, 3.63) is 247 Å². The van der Waals surface area contributed by atoms with Crippen LogP contribution in [0.15, 0.2) is 229 Å². The first-order valence-corrected chi connectivity index (χ1v) is 22.1. The minimum Gasteiger partial charge on any atom is -0.455 e. The van der Waals surface area contributed by atoms with Gasteiger partial charge in [-0.05, 0) is 98.4 Å². The Bertz CT molecular complexity index is 3670. The molecule has 1 aliphatic carbocycles. The van der Waals surface area contributed by atoms with Gasteiger partial charge in [0.05, 0.1) is 15.8 Å². The summed E-state index contributed by atoms with van der Waals surface area (Å²) in [5, 5.41) is 7.12.